The Bertz CT molecular complexity index is 967. The van der Waals surface area contributed by atoms with Crippen molar-refractivity contribution in [2.45, 2.75) is 6.92 Å². The van der Waals surface area contributed by atoms with Gasteiger partial charge in [-0.05, 0) is 40.9 Å². The maximum absolute atomic E-state index is 12.7. The number of aromatic amines is 1. The van der Waals surface area contributed by atoms with Crippen molar-refractivity contribution < 1.29 is 9.32 Å². The summed E-state index contributed by atoms with van der Waals surface area (Å²) >= 11 is 1.62. The van der Waals surface area contributed by atoms with Crippen molar-refractivity contribution in [1.82, 2.24) is 15.1 Å². The molecule has 6 heteroatoms. The molecule has 4 aromatic heterocycles. The largest absolute Gasteiger partial charge is 0.361 e. The molecule has 0 spiro atoms. The molecule has 5 nitrogen and oxygen atoms in total. The van der Waals surface area contributed by atoms with E-state index in [2.05, 4.69) is 20.5 Å². The number of nitrogens with zero attached hydrogens (tertiary/aromatic N) is 2. The van der Waals surface area contributed by atoms with Crippen molar-refractivity contribution >= 4 is 28.2 Å². The lowest BCUT2D eigenvalue weighted by Crippen LogP contribution is -2.01. The van der Waals surface area contributed by atoms with E-state index in [0.717, 1.165) is 16.5 Å². The minimum absolute atomic E-state index is 0.174. The molecule has 0 unspecified atom stereocenters. The summed E-state index contributed by atoms with van der Waals surface area (Å²) in [7, 11) is 0. The number of rotatable bonds is 3. The van der Waals surface area contributed by atoms with Gasteiger partial charge in [-0.2, -0.15) is 11.3 Å². The SMILES string of the molecule is Cc1cc(C(=O)c2c[nH]c3nccc(-c4ccsc4)c23)no1. The van der Waals surface area contributed by atoms with Gasteiger partial charge in [0, 0.05) is 23.8 Å². The highest BCUT2D eigenvalue weighted by molar-refractivity contribution is 7.08. The number of thiophene rings is 1. The average Bonchev–Trinajstić information content (AvgIpc) is 3.26. The number of carbonyl (C=O) groups is 1. The first-order chi connectivity index (χ1) is 10.7. The molecule has 0 atom stereocenters. The normalized spacial score (nSPS) is 11.1. The third-order valence-corrected chi connectivity index (χ3v) is 4.19. The predicted molar refractivity (Wildman–Crippen MR) is 84.1 cm³/mol. The maximum Gasteiger partial charge on any atom is 0.217 e. The number of nitrogens with one attached hydrogen (secondary N) is 1. The van der Waals surface area contributed by atoms with Crippen molar-refractivity contribution in [1.29, 1.82) is 0 Å². The van der Waals surface area contributed by atoms with E-state index in [1.807, 2.05) is 17.5 Å². The van der Waals surface area contributed by atoms with Gasteiger partial charge in [0.05, 0.1) is 5.56 Å². The van der Waals surface area contributed by atoms with Crippen molar-refractivity contribution in [3.63, 3.8) is 0 Å². The fraction of sp³-hybridized carbons (Fsp3) is 0.0625. The number of hydrogen-bond acceptors (Lipinski definition) is 5. The number of H-pyrrole nitrogens is 1. The zero-order valence-corrected chi connectivity index (χ0v) is 12.5. The monoisotopic (exact) mass is 309 g/mol. The van der Waals surface area contributed by atoms with Gasteiger partial charge in [-0.25, -0.2) is 4.98 Å². The molecule has 22 heavy (non-hydrogen) atoms. The van der Waals surface area contributed by atoms with Crippen LogP contribution in [-0.4, -0.2) is 20.9 Å². The highest BCUT2D eigenvalue weighted by Gasteiger charge is 2.20. The minimum Gasteiger partial charge on any atom is -0.361 e. The predicted octanol–water partition coefficient (Wildman–Crippen LogP) is 3.82. The van der Waals surface area contributed by atoms with Gasteiger partial charge in [-0.3, -0.25) is 4.79 Å². The van der Waals surface area contributed by atoms with E-state index >= 15 is 0 Å². The molecule has 4 heterocycles. The Morgan fingerprint density at radius 1 is 1.36 bits per heavy atom. The summed E-state index contributed by atoms with van der Waals surface area (Å²) in [6, 6.07) is 5.59. The quantitative estimate of drug-likeness (QED) is 0.584. The van der Waals surface area contributed by atoms with Gasteiger partial charge >= 0.3 is 0 Å². The first kappa shape index (κ1) is 13.0. The number of hydrogen-bond donors (Lipinski definition) is 1. The summed E-state index contributed by atoms with van der Waals surface area (Å²) in [5.41, 5.74) is 3.60. The van der Waals surface area contributed by atoms with Crippen LogP contribution in [0.4, 0.5) is 0 Å². The third-order valence-electron chi connectivity index (χ3n) is 3.51. The Hall–Kier alpha value is -2.73. The van der Waals surface area contributed by atoms with E-state index in [0.29, 0.717) is 22.7 Å². The molecule has 0 aliphatic rings. The van der Waals surface area contributed by atoms with Gasteiger partial charge in [0.25, 0.3) is 0 Å². The minimum atomic E-state index is -0.174. The van der Waals surface area contributed by atoms with Crippen molar-refractivity contribution in [3.05, 3.63) is 58.4 Å². The Kier molecular flexibility index (Phi) is 2.90. The fourth-order valence-electron chi connectivity index (χ4n) is 2.51. The number of pyridine rings is 1. The van der Waals surface area contributed by atoms with Crippen molar-refractivity contribution in [2.75, 3.05) is 0 Å². The van der Waals surface area contributed by atoms with Crippen LogP contribution in [0.25, 0.3) is 22.2 Å². The molecule has 4 rings (SSSR count). The zero-order valence-electron chi connectivity index (χ0n) is 11.7. The topological polar surface area (TPSA) is 71.8 Å². The van der Waals surface area contributed by atoms with E-state index in [1.54, 1.807) is 36.7 Å². The van der Waals surface area contributed by atoms with Crippen LogP contribution in [0.15, 0.2) is 45.9 Å². The van der Waals surface area contributed by atoms with E-state index in [4.69, 9.17) is 4.52 Å². The Balaban J connectivity index is 1.94. The van der Waals surface area contributed by atoms with Gasteiger partial charge in [0.15, 0.2) is 5.69 Å². The van der Waals surface area contributed by atoms with Crippen LogP contribution in [-0.2, 0) is 0 Å². The van der Waals surface area contributed by atoms with E-state index in [-0.39, 0.29) is 5.78 Å². The van der Waals surface area contributed by atoms with Crippen molar-refractivity contribution in [3.8, 4) is 11.1 Å². The molecule has 0 radical (unpaired) electrons. The fourth-order valence-corrected chi connectivity index (χ4v) is 3.16. The van der Waals surface area contributed by atoms with Crippen LogP contribution < -0.4 is 0 Å². The van der Waals surface area contributed by atoms with Crippen LogP contribution in [0, 0.1) is 6.92 Å². The molecule has 0 aliphatic carbocycles. The molecule has 4 aromatic rings. The third kappa shape index (κ3) is 1.96. The second-order valence-electron chi connectivity index (χ2n) is 4.95. The van der Waals surface area contributed by atoms with E-state index in [9.17, 15) is 4.79 Å². The Morgan fingerprint density at radius 2 is 2.27 bits per heavy atom. The summed E-state index contributed by atoms with van der Waals surface area (Å²) in [4.78, 5) is 20.1. The smallest absolute Gasteiger partial charge is 0.217 e. The molecule has 0 saturated carbocycles. The number of ketones is 1. The van der Waals surface area contributed by atoms with Gasteiger partial charge < -0.3 is 9.51 Å². The van der Waals surface area contributed by atoms with Crippen molar-refractivity contribution in [2.24, 2.45) is 0 Å². The highest BCUT2D eigenvalue weighted by Crippen LogP contribution is 2.32. The highest BCUT2D eigenvalue weighted by atomic mass is 32.1. The number of aromatic nitrogens is 3. The summed E-state index contributed by atoms with van der Waals surface area (Å²) < 4.78 is 5.00. The molecule has 0 saturated heterocycles. The van der Waals surface area contributed by atoms with E-state index < -0.39 is 0 Å². The first-order valence-corrected chi connectivity index (χ1v) is 7.65. The van der Waals surface area contributed by atoms with E-state index in [1.165, 1.54) is 0 Å². The molecule has 0 aliphatic heterocycles. The number of fused-ring (bicyclic) bond motifs is 1. The number of carbonyl (C=O) groups excluding carboxylic acids is 1. The maximum atomic E-state index is 12.7. The van der Waals surface area contributed by atoms with Gasteiger partial charge in [0.2, 0.25) is 5.78 Å². The molecule has 0 aromatic carbocycles. The number of aryl methyl sites for hydroxylation is 1. The molecular weight excluding hydrogens is 298 g/mol. The second kappa shape index (κ2) is 4.92. The molecule has 0 bridgehead atoms. The van der Waals surface area contributed by atoms with Crippen LogP contribution in [0.2, 0.25) is 0 Å². The lowest BCUT2D eigenvalue weighted by molar-refractivity contribution is 0.103. The van der Waals surface area contributed by atoms with Gasteiger partial charge in [-0.15, -0.1) is 0 Å². The van der Waals surface area contributed by atoms with Crippen LogP contribution >= 0.6 is 11.3 Å². The lowest BCUT2D eigenvalue weighted by atomic mass is 10.0. The van der Waals surface area contributed by atoms with Gasteiger partial charge in [0.1, 0.15) is 11.4 Å². The standard InChI is InChI=1S/C16H11N3O2S/c1-9-6-13(19-21-9)15(20)12-7-18-16-14(12)11(2-4-17-16)10-3-5-22-8-10/h2-8H,1H3,(H,17,18). The molecule has 1 N–H and O–H groups in total. The summed E-state index contributed by atoms with van der Waals surface area (Å²) in [5.74, 6) is 0.437. The molecule has 108 valence electrons. The summed E-state index contributed by atoms with van der Waals surface area (Å²) in [6.45, 7) is 1.76. The molecule has 0 amide bonds. The summed E-state index contributed by atoms with van der Waals surface area (Å²) in [5, 5.41) is 8.69. The Morgan fingerprint density at radius 3 is 3.00 bits per heavy atom. The van der Waals surface area contributed by atoms with Crippen LogP contribution in [0.5, 0.6) is 0 Å². The van der Waals surface area contributed by atoms with Gasteiger partial charge in [-0.1, -0.05) is 5.16 Å². The average molecular weight is 309 g/mol. The molecule has 0 fully saturated rings. The summed E-state index contributed by atoms with van der Waals surface area (Å²) in [6.07, 6.45) is 3.42. The first-order valence-electron chi connectivity index (χ1n) is 6.71. The zero-order chi connectivity index (χ0) is 15.1. The van der Waals surface area contributed by atoms with Crippen LogP contribution in [0.3, 0.4) is 0 Å². The van der Waals surface area contributed by atoms with Crippen LogP contribution in [0.1, 0.15) is 21.8 Å². The second-order valence-corrected chi connectivity index (χ2v) is 5.73. The lowest BCUT2D eigenvalue weighted by Gasteiger charge is -2.02. The Labute approximate surface area is 129 Å². The molecular formula is C16H11N3O2S.